The Morgan fingerprint density at radius 1 is 0.542 bits per heavy atom. The first-order valence-corrected chi connectivity index (χ1v) is 9.64. The van der Waals surface area contributed by atoms with Crippen LogP contribution in [0.4, 0.5) is 13.2 Å². The van der Waals surface area contributed by atoms with Crippen LogP contribution in [0.3, 0.4) is 0 Å². The van der Waals surface area contributed by atoms with Gasteiger partial charge in [-0.1, -0.05) is 0 Å². The van der Waals surface area contributed by atoms with E-state index in [0.29, 0.717) is 0 Å². The molecule has 0 aliphatic heterocycles. The highest BCUT2D eigenvalue weighted by atomic mass is 127. The van der Waals surface area contributed by atoms with E-state index < -0.39 is 17.5 Å². The summed E-state index contributed by atoms with van der Waals surface area (Å²) >= 11 is 4.53. The highest BCUT2D eigenvalue weighted by molar-refractivity contribution is 14.1. The first kappa shape index (κ1) is 19.8. The highest BCUT2D eigenvalue weighted by Crippen LogP contribution is 2.28. The Morgan fingerprint density at radius 2 is 0.792 bits per heavy atom. The van der Waals surface area contributed by atoms with E-state index >= 15 is 0 Å². The molecular formula is C16H8F3I3N2. The summed E-state index contributed by atoms with van der Waals surface area (Å²) in [5, 5.41) is 0. The summed E-state index contributed by atoms with van der Waals surface area (Å²) in [4.78, 5) is 7.91. The van der Waals surface area contributed by atoms with Gasteiger partial charge in [0.05, 0.1) is 10.7 Å². The minimum atomic E-state index is -0.827. The minimum absolute atomic E-state index is 0.164. The van der Waals surface area contributed by atoms with Gasteiger partial charge in [-0.15, -0.1) is 0 Å². The molecule has 24 heavy (non-hydrogen) atoms. The average Bonchev–Trinajstić information content (AvgIpc) is 2.65. The monoisotopic (exact) mass is 666 g/mol. The largest absolute Gasteiger partial charge is 0.265 e. The van der Waals surface area contributed by atoms with E-state index in [9.17, 15) is 13.2 Å². The number of benzene rings is 1. The van der Waals surface area contributed by atoms with Crippen LogP contribution in [0.25, 0.3) is 11.1 Å². The van der Waals surface area contributed by atoms with Gasteiger partial charge in [-0.2, -0.15) is 0 Å². The van der Waals surface area contributed by atoms with E-state index in [1.54, 1.807) is 24.8 Å². The van der Waals surface area contributed by atoms with Gasteiger partial charge >= 0.3 is 0 Å². The molecule has 1 aromatic carbocycles. The summed E-state index contributed by atoms with van der Waals surface area (Å²) in [6.45, 7) is 0. The number of rotatable bonds is 1. The number of aromatic nitrogens is 2. The third kappa shape index (κ3) is 4.77. The number of nitrogens with zero attached hydrogens (tertiary/aromatic N) is 2. The Balaban J connectivity index is 0.000000174. The Hall–Kier alpha value is -0.500. The molecule has 0 saturated carbocycles. The lowest BCUT2D eigenvalue weighted by atomic mass is 10.1. The first-order chi connectivity index (χ1) is 11.4. The normalized spacial score (nSPS) is 10.1. The number of hydrogen-bond donors (Lipinski definition) is 0. The van der Waals surface area contributed by atoms with E-state index in [-0.39, 0.29) is 10.7 Å². The minimum Gasteiger partial charge on any atom is -0.265 e. The second kappa shape index (κ2) is 9.27. The van der Waals surface area contributed by atoms with Gasteiger partial charge in [-0.25, -0.2) is 13.2 Å². The molecule has 2 heterocycles. The van der Waals surface area contributed by atoms with Gasteiger partial charge in [0, 0.05) is 24.8 Å². The Bertz CT molecular complexity index is 688. The van der Waals surface area contributed by atoms with Crippen LogP contribution in [0.5, 0.6) is 0 Å². The second-order valence-corrected chi connectivity index (χ2v) is 7.59. The SMILES string of the molecule is Fc1c(I)c(F)c(I)c(F)c1I.c1cc(-c2ccncc2)ccn1. The van der Waals surface area contributed by atoms with Crippen molar-refractivity contribution in [3.05, 3.63) is 77.2 Å². The quantitative estimate of drug-likeness (QED) is 0.180. The van der Waals surface area contributed by atoms with Crippen LogP contribution in [0.15, 0.2) is 49.1 Å². The van der Waals surface area contributed by atoms with E-state index in [4.69, 9.17) is 0 Å². The van der Waals surface area contributed by atoms with Gasteiger partial charge in [0.2, 0.25) is 0 Å². The van der Waals surface area contributed by atoms with Crippen molar-refractivity contribution in [1.29, 1.82) is 0 Å². The van der Waals surface area contributed by atoms with Crippen molar-refractivity contribution >= 4 is 67.8 Å². The number of hydrogen-bond acceptors (Lipinski definition) is 2. The summed E-state index contributed by atoms with van der Waals surface area (Å²) in [5.41, 5.74) is 2.35. The third-order valence-electron chi connectivity index (χ3n) is 2.85. The lowest BCUT2D eigenvalue weighted by Gasteiger charge is -2.03. The fraction of sp³-hybridized carbons (Fsp3) is 0. The van der Waals surface area contributed by atoms with Crippen LogP contribution in [-0.2, 0) is 0 Å². The molecular weight excluding hydrogens is 658 g/mol. The van der Waals surface area contributed by atoms with Crippen molar-refractivity contribution in [3.63, 3.8) is 0 Å². The smallest absolute Gasteiger partial charge is 0.155 e. The predicted octanol–water partition coefficient (Wildman–Crippen LogP) is 6.06. The molecule has 2 nitrogen and oxygen atoms in total. The van der Waals surface area contributed by atoms with Crippen molar-refractivity contribution in [2.75, 3.05) is 0 Å². The fourth-order valence-corrected chi connectivity index (χ4v) is 4.83. The van der Waals surface area contributed by atoms with E-state index in [0.717, 1.165) is 0 Å². The molecule has 8 heteroatoms. The highest BCUT2D eigenvalue weighted by Gasteiger charge is 2.20. The summed E-state index contributed by atoms with van der Waals surface area (Å²) in [5.74, 6) is -2.48. The topological polar surface area (TPSA) is 25.8 Å². The molecule has 0 spiro atoms. The van der Waals surface area contributed by atoms with Crippen LogP contribution >= 0.6 is 67.8 Å². The summed E-state index contributed by atoms with van der Waals surface area (Å²) in [7, 11) is 0. The maximum absolute atomic E-state index is 12.9. The zero-order chi connectivity index (χ0) is 17.7. The van der Waals surface area contributed by atoms with Crippen LogP contribution < -0.4 is 0 Å². The van der Waals surface area contributed by atoms with Crippen LogP contribution in [0.1, 0.15) is 0 Å². The van der Waals surface area contributed by atoms with Crippen molar-refractivity contribution in [2.45, 2.75) is 0 Å². The average molecular weight is 666 g/mol. The lowest BCUT2D eigenvalue weighted by Crippen LogP contribution is -2.01. The van der Waals surface area contributed by atoms with Gasteiger partial charge in [0.1, 0.15) is 0 Å². The second-order valence-electron chi connectivity index (χ2n) is 4.36. The zero-order valence-corrected chi connectivity index (χ0v) is 18.3. The molecule has 0 aliphatic rings. The molecule has 124 valence electrons. The van der Waals surface area contributed by atoms with Crippen molar-refractivity contribution < 1.29 is 13.2 Å². The van der Waals surface area contributed by atoms with Crippen molar-refractivity contribution in [3.8, 4) is 11.1 Å². The first-order valence-electron chi connectivity index (χ1n) is 6.40. The van der Waals surface area contributed by atoms with Crippen LogP contribution in [0.2, 0.25) is 0 Å². The molecule has 3 rings (SSSR count). The van der Waals surface area contributed by atoms with E-state index in [2.05, 4.69) is 9.97 Å². The predicted molar refractivity (Wildman–Crippen MR) is 112 cm³/mol. The number of halogens is 6. The Kier molecular flexibility index (Phi) is 7.65. The maximum atomic E-state index is 12.9. The van der Waals surface area contributed by atoms with Crippen LogP contribution in [0, 0.1) is 28.2 Å². The van der Waals surface area contributed by atoms with Gasteiger partial charge in [-0.05, 0) is 103 Å². The van der Waals surface area contributed by atoms with Crippen LogP contribution in [-0.4, -0.2) is 9.97 Å². The van der Waals surface area contributed by atoms with Gasteiger partial charge < -0.3 is 0 Å². The zero-order valence-electron chi connectivity index (χ0n) is 11.8. The number of pyridine rings is 2. The maximum Gasteiger partial charge on any atom is 0.155 e. The molecule has 0 aliphatic carbocycles. The van der Waals surface area contributed by atoms with Gasteiger partial charge in [0.15, 0.2) is 17.5 Å². The molecule has 3 aromatic rings. The van der Waals surface area contributed by atoms with Gasteiger partial charge in [0.25, 0.3) is 0 Å². The van der Waals surface area contributed by atoms with Crippen molar-refractivity contribution in [1.82, 2.24) is 9.97 Å². The van der Waals surface area contributed by atoms with Crippen molar-refractivity contribution in [2.24, 2.45) is 0 Å². The molecule has 0 saturated heterocycles. The summed E-state index contributed by atoms with van der Waals surface area (Å²) in [6, 6.07) is 7.93. The molecule has 0 atom stereocenters. The molecule has 0 fully saturated rings. The van der Waals surface area contributed by atoms with E-state index in [1.165, 1.54) is 78.9 Å². The molecule has 0 unspecified atom stereocenters. The fourth-order valence-electron chi connectivity index (χ4n) is 1.67. The lowest BCUT2D eigenvalue weighted by molar-refractivity contribution is 0.515. The van der Waals surface area contributed by atoms with E-state index in [1.807, 2.05) is 24.3 Å². The molecule has 0 N–H and O–H groups in total. The molecule has 0 radical (unpaired) electrons. The summed E-state index contributed by atoms with van der Waals surface area (Å²) in [6.07, 6.45) is 7.15. The Labute approximate surface area is 177 Å². The molecule has 0 bridgehead atoms. The standard InChI is InChI=1S/C10H8N2.C6F3I3/c1-5-11-6-2-9(1)10-3-7-12-8-4-10;7-1-4(10)2(8)6(12)3(9)5(1)11/h1-8H;. The Morgan fingerprint density at radius 3 is 1.04 bits per heavy atom. The summed E-state index contributed by atoms with van der Waals surface area (Å²) < 4.78 is 38.3. The molecule has 0 amide bonds. The third-order valence-corrected chi connectivity index (χ3v) is 5.69. The molecule has 2 aromatic heterocycles. The van der Waals surface area contributed by atoms with Gasteiger partial charge in [-0.3, -0.25) is 9.97 Å².